The summed E-state index contributed by atoms with van der Waals surface area (Å²) < 4.78 is 20.8. The maximum absolute atomic E-state index is 14.8. The van der Waals surface area contributed by atoms with Crippen molar-refractivity contribution >= 4 is 17.6 Å². The molecule has 2 fully saturated rings. The molecule has 8 heteroatoms. The second-order valence-electron chi connectivity index (χ2n) is 9.85. The SMILES string of the molecule is Nc1nc(F)c(-c2ccc(OC3CN(C(=O)CC4CC4)C3)cc2)cc1-c1ccc2c(c1)CCNC2=O. The molecule has 0 radical (unpaired) electrons. The van der Waals surface area contributed by atoms with Crippen molar-refractivity contribution in [2.45, 2.75) is 31.8 Å². The minimum atomic E-state index is -0.647. The van der Waals surface area contributed by atoms with Crippen molar-refractivity contribution in [2.75, 3.05) is 25.4 Å². The molecule has 1 aliphatic carbocycles. The van der Waals surface area contributed by atoms with Crippen LogP contribution in [0.5, 0.6) is 5.75 Å². The number of halogens is 1. The van der Waals surface area contributed by atoms with E-state index in [-0.39, 0.29) is 23.7 Å². The van der Waals surface area contributed by atoms with Gasteiger partial charge in [0, 0.05) is 29.7 Å². The Morgan fingerprint density at radius 1 is 1.06 bits per heavy atom. The van der Waals surface area contributed by atoms with Gasteiger partial charge in [0.25, 0.3) is 5.91 Å². The fourth-order valence-electron chi connectivity index (χ4n) is 4.85. The molecule has 2 aliphatic heterocycles. The number of hydrogen-bond acceptors (Lipinski definition) is 5. The van der Waals surface area contributed by atoms with Crippen LogP contribution in [-0.2, 0) is 11.2 Å². The van der Waals surface area contributed by atoms with E-state index in [0.29, 0.717) is 60.0 Å². The Labute approximate surface area is 208 Å². The van der Waals surface area contributed by atoms with E-state index in [4.69, 9.17) is 10.5 Å². The molecular weight excluding hydrogens is 459 g/mol. The number of carbonyl (C=O) groups is 2. The molecule has 2 aromatic carbocycles. The summed E-state index contributed by atoms with van der Waals surface area (Å²) in [6.45, 7) is 1.80. The number of amides is 2. The smallest absolute Gasteiger partial charge is 0.251 e. The molecule has 1 saturated heterocycles. The largest absolute Gasteiger partial charge is 0.487 e. The molecule has 7 nitrogen and oxygen atoms in total. The van der Waals surface area contributed by atoms with Crippen LogP contribution < -0.4 is 15.8 Å². The van der Waals surface area contributed by atoms with Gasteiger partial charge in [-0.25, -0.2) is 4.98 Å². The average Bonchev–Trinajstić information content (AvgIpc) is 3.65. The Hall–Kier alpha value is -3.94. The van der Waals surface area contributed by atoms with Crippen LogP contribution in [-0.4, -0.2) is 47.4 Å². The quantitative estimate of drug-likeness (QED) is 0.517. The number of ether oxygens (including phenoxy) is 1. The number of nitrogens with one attached hydrogen (secondary N) is 1. The van der Waals surface area contributed by atoms with Crippen molar-refractivity contribution in [3.63, 3.8) is 0 Å². The Morgan fingerprint density at radius 3 is 2.56 bits per heavy atom. The lowest BCUT2D eigenvalue weighted by Crippen LogP contribution is -2.56. The minimum Gasteiger partial charge on any atom is -0.487 e. The van der Waals surface area contributed by atoms with Crippen molar-refractivity contribution in [3.8, 4) is 28.0 Å². The summed E-state index contributed by atoms with van der Waals surface area (Å²) >= 11 is 0. The van der Waals surface area contributed by atoms with Crippen molar-refractivity contribution in [2.24, 2.45) is 5.92 Å². The van der Waals surface area contributed by atoms with E-state index in [1.807, 2.05) is 17.0 Å². The number of nitrogen functional groups attached to an aromatic ring is 1. The number of nitrogens with zero attached hydrogens (tertiary/aromatic N) is 2. The van der Waals surface area contributed by atoms with Crippen LogP contribution in [0.4, 0.5) is 10.2 Å². The zero-order chi connectivity index (χ0) is 24.8. The fraction of sp³-hybridized carbons (Fsp3) is 0.321. The first kappa shape index (κ1) is 22.5. The number of likely N-dealkylation sites (tertiary alicyclic amines) is 1. The van der Waals surface area contributed by atoms with Gasteiger partial charge in [-0.2, -0.15) is 4.39 Å². The van der Waals surface area contributed by atoms with E-state index in [2.05, 4.69) is 10.3 Å². The predicted octanol–water partition coefficient (Wildman–Crippen LogP) is 3.81. The summed E-state index contributed by atoms with van der Waals surface area (Å²) in [4.78, 5) is 30.0. The zero-order valence-electron chi connectivity index (χ0n) is 19.8. The summed E-state index contributed by atoms with van der Waals surface area (Å²) in [6, 6.07) is 14.4. The topological polar surface area (TPSA) is 97.6 Å². The highest BCUT2D eigenvalue weighted by Gasteiger charge is 2.35. The number of anilines is 1. The summed E-state index contributed by atoms with van der Waals surface area (Å²) in [7, 11) is 0. The van der Waals surface area contributed by atoms with Gasteiger partial charge in [0.05, 0.1) is 13.1 Å². The number of aromatic nitrogens is 1. The number of benzene rings is 2. The minimum absolute atomic E-state index is 0.0216. The van der Waals surface area contributed by atoms with Gasteiger partial charge < -0.3 is 20.7 Å². The van der Waals surface area contributed by atoms with Crippen molar-refractivity contribution in [3.05, 3.63) is 65.6 Å². The standard InChI is InChI=1S/C28H27FN4O3/c29-26-23(13-24(27(30)32-26)18-5-8-22-19(12-18)9-10-31-28(22)35)17-3-6-20(7-4-17)36-21-14-33(15-21)25(34)11-16-1-2-16/h3-8,12-13,16,21H,1-2,9-11,14-15H2,(H2,30,32)(H,31,35). The monoisotopic (exact) mass is 486 g/mol. The lowest BCUT2D eigenvalue weighted by Gasteiger charge is -2.39. The van der Waals surface area contributed by atoms with Crippen molar-refractivity contribution in [1.82, 2.24) is 15.2 Å². The van der Waals surface area contributed by atoms with Crippen LogP contribution in [0.3, 0.4) is 0 Å². The second-order valence-corrected chi connectivity index (χ2v) is 9.85. The molecule has 0 bridgehead atoms. The highest BCUT2D eigenvalue weighted by molar-refractivity contribution is 5.97. The highest BCUT2D eigenvalue weighted by Crippen LogP contribution is 2.35. The molecule has 36 heavy (non-hydrogen) atoms. The fourth-order valence-corrected chi connectivity index (χ4v) is 4.85. The van der Waals surface area contributed by atoms with Gasteiger partial charge in [0.15, 0.2) is 0 Å². The number of hydrogen-bond donors (Lipinski definition) is 2. The van der Waals surface area contributed by atoms with E-state index >= 15 is 0 Å². The van der Waals surface area contributed by atoms with E-state index in [1.165, 1.54) is 12.8 Å². The molecule has 3 aliphatic rings. The van der Waals surface area contributed by atoms with Crippen molar-refractivity contribution in [1.29, 1.82) is 0 Å². The third-order valence-electron chi connectivity index (χ3n) is 7.18. The van der Waals surface area contributed by atoms with Gasteiger partial charge in [-0.3, -0.25) is 9.59 Å². The molecule has 184 valence electrons. The van der Waals surface area contributed by atoms with Gasteiger partial charge in [0.1, 0.15) is 17.7 Å². The first-order chi connectivity index (χ1) is 17.4. The molecule has 0 atom stereocenters. The van der Waals surface area contributed by atoms with Crippen LogP contribution in [0.15, 0.2) is 48.5 Å². The Bertz CT molecular complexity index is 1350. The molecule has 3 aromatic rings. The van der Waals surface area contributed by atoms with Gasteiger partial charge in [-0.1, -0.05) is 24.3 Å². The van der Waals surface area contributed by atoms with Crippen LogP contribution in [0.2, 0.25) is 0 Å². The third kappa shape index (κ3) is 4.39. The molecule has 2 amide bonds. The van der Waals surface area contributed by atoms with E-state index < -0.39 is 5.95 Å². The van der Waals surface area contributed by atoms with Crippen LogP contribution in [0, 0.1) is 11.9 Å². The van der Waals surface area contributed by atoms with Gasteiger partial charge in [-0.15, -0.1) is 0 Å². The van der Waals surface area contributed by atoms with Gasteiger partial charge in [-0.05, 0) is 66.1 Å². The summed E-state index contributed by atoms with van der Waals surface area (Å²) in [5.74, 6) is 0.846. The molecule has 3 heterocycles. The number of pyridine rings is 1. The van der Waals surface area contributed by atoms with E-state index in [9.17, 15) is 14.0 Å². The number of fused-ring (bicyclic) bond motifs is 1. The summed E-state index contributed by atoms with van der Waals surface area (Å²) in [5.41, 5.74) is 10.1. The molecule has 6 rings (SSSR count). The molecular formula is C28H27FN4O3. The maximum Gasteiger partial charge on any atom is 0.251 e. The molecule has 1 aromatic heterocycles. The predicted molar refractivity (Wildman–Crippen MR) is 134 cm³/mol. The molecule has 3 N–H and O–H groups in total. The average molecular weight is 487 g/mol. The molecule has 1 saturated carbocycles. The molecule has 0 spiro atoms. The maximum atomic E-state index is 14.8. The van der Waals surface area contributed by atoms with Crippen LogP contribution >= 0.6 is 0 Å². The lowest BCUT2D eigenvalue weighted by atomic mass is 9.94. The Kier molecular flexibility index (Phi) is 5.59. The lowest BCUT2D eigenvalue weighted by molar-refractivity contribution is -0.140. The van der Waals surface area contributed by atoms with Gasteiger partial charge >= 0.3 is 0 Å². The summed E-state index contributed by atoms with van der Waals surface area (Å²) in [6.07, 6.45) is 3.70. The van der Waals surface area contributed by atoms with E-state index in [1.54, 1.807) is 36.4 Å². The Morgan fingerprint density at radius 2 is 1.81 bits per heavy atom. The normalized spacial score (nSPS) is 17.2. The van der Waals surface area contributed by atoms with E-state index in [0.717, 1.165) is 17.5 Å². The first-order valence-corrected chi connectivity index (χ1v) is 12.4. The highest BCUT2D eigenvalue weighted by atomic mass is 19.1. The summed E-state index contributed by atoms with van der Waals surface area (Å²) in [5, 5.41) is 2.83. The van der Waals surface area contributed by atoms with Crippen LogP contribution in [0.25, 0.3) is 22.3 Å². The Balaban J connectivity index is 1.17. The van der Waals surface area contributed by atoms with Crippen LogP contribution in [0.1, 0.15) is 35.2 Å². The first-order valence-electron chi connectivity index (χ1n) is 12.4. The third-order valence-corrected chi connectivity index (χ3v) is 7.18. The van der Waals surface area contributed by atoms with Crippen molar-refractivity contribution < 1.29 is 18.7 Å². The van der Waals surface area contributed by atoms with Gasteiger partial charge in [0.2, 0.25) is 11.9 Å². The zero-order valence-corrected chi connectivity index (χ0v) is 19.8. The number of nitrogens with two attached hydrogens (primary N) is 1. The molecule has 0 unspecified atom stereocenters. The second kappa shape index (κ2) is 8.93. The number of carbonyl (C=O) groups excluding carboxylic acids is 2. The number of rotatable bonds is 6.